The van der Waals surface area contributed by atoms with Gasteiger partial charge in [-0.15, -0.1) is 0 Å². The number of imidazole rings is 1. The van der Waals surface area contributed by atoms with Gasteiger partial charge in [0.1, 0.15) is 0 Å². The summed E-state index contributed by atoms with van der Waals surface area (Å²) in [5.41, 5.74) is 1.75. The number of aromatic amines is 1. The average Bonchev–Trinajstić information content (AvgIpc) is 3.15. The zero-order chi connectivity index (χ0) is 21.7. The van der Waals surface area contributed by atoms with Gasteiger partial charge in [0, 0.05) is 36.2 Å². The second-order valence-corrected chi connectivity index (χ2v) is 10.2. The predicted molar refractivity (Wildman–Crippen MR) is 123 cm³/mol. The van der Waals surface area contributed by atoms with Crippen molar-refractivity contribution in [3.63, 3.8) is 0 Å². The van der Waals surface area contributed by atoms with Crippen LogP contribution in [0.4, 0.5) is 0 Å². The number of nitrogens with one attached hydrogen (secondary N) is 2. The van der Waals surface area contributed by atoms with E-state index in [2.05, 4.69) is 36.1 Å². The molecule has 1 aliphatic rings. The third-order valence-corrected chi connectivity index (χ3v) is 6.05. The van der Waals surface area contributed by atoms with Crippen molar-refractivity contribution in [3.05, 3.63) is 34.9 Å². The van der Waals surface area contributed by atoms with Crippen molar-refractivity contribution >= 4 is 39.5 Å². The Morgan fingerprint density at radius 3 is 2.47 bits per heavy atom. The molecule has 1 saturated heterocycles. The Labute approximate surface area is 190 Å². The number of halogens is 1. The Morgan fingerprint density at radius 2 is 1.83 bits per heavy atom. The third kappa shape index (κ3) is 6.85. The second-order valence-electron chi connectivity index (χ2n) is 8.35. The fraction of sp³-hybridized carbons (Fsp3) is 0.476. The maximum Gasteiger partial charge on any atom is 0.234 e. The van der Waals surface area contributed by atoms with Gasteiger partial charge in [0.15, 0.2) is 5.16 Å². The van der Waals surface area contributed by atoms with Crippen molar-refractivity contribution in [1.29, 1.82) is 0 Å². The van der Waals surface area contributed by atoms with Crippen molar-refractivity contribution in [2.45, 2.75) is 31.5 Å². The molecular weight excluding hydrogens is 466 g/mol. The van der Waals surface area contributed by atoms with Crippen LogP contribution >= 0.6 is 27.7 Å². The van der Waals surface area contributed by atoms with Gasteiger partial charge < -0.3 is 15.2 Å². The Morgan fingerprint density at radius 1 is 1.17 bits per heavy atom. The van der Waals surface area contributed by atoms with Gasteiger partial charge in [-0.05, 0) is 38.5 Å². The molecule has 0 aliphatic carbocycles. The Bertz CT molecular complexity index is 870. The summed E-state index contributed by atoms with van der Waals surface area (Å²) in [6.07, 6.45) is 1.79. The molecule has 0 unspecified atom stereocenters. The highest BCUT2D eigenvalue weighted by Crippen LogP contribution is 2.23. The number of aromatic nitrogens is 2. The summed E-state index contributed by atoms with van der Waals surface area (Å²) < 4.78 is 1.03. The molecule has 0 spiro atoms. The number of amides is 2. The molecule has 0 radical (unpaired) electrons. The van der Waals surface area contributed by atoms with Crippen LogP contribution in [0.1, 0.15) is 20.8 Å². The summed E-state index contributed by atoms with van der Waals surface area (Å²) in [6.45, 7) is 9.00. The van der Waals surface area contributed by atoms with Crippen LogP contribution in [0.2, 0.25) is 0 Å². The van der Waals surface area contributed by atoms with E-state index in [1.165, 1.54) is 11.8 Å². The van der Waals surface area contributed by atoms with Gasteiger partial charge in [-0.2, -0.15) is 0 Å². The number of carbonyl (C=O) groups is 2. The minimum atomic E-state index is -0.227. The molecular formula is C21H28BrN5O2S. The van der Waals surface area contributed by atoms with E-state index in [4.69, 9.17) is 0 Å². The number of hydrogen-bond acceptors (Lipinski definition) is 5. The zero-order valence-corrected chi connectivity index (χ0v) is 20.0. The number of nitrogens with zero attached hydrogens (tertiary/aromatic N) is 3. The zero-order valence-electron chi connectivity index (χ0n) is 17.6. The van der Waals surface area contributed by atoms with Crippen molar-refractivity contribution in [1.82, 2.24) is 25.1 Å². The molecule has 30 heavy (non-hydrogen) atoms. The second kappa shape index (κ2) is 9.98. The van der Waals surface area contributed by atoms with Gasteiger partial charge in [-0.3, -0.25) is 14.5 Å². The Balaban J connectivity index is 1.42. The molecule has 1 aromatic heterocycles. The molecule has 2 amide bonds. The average molecular weight is 494 g/mol. The summed E-state index contributed by atoms with van der Waals surface area (Å²) in [7, 11) is 0. The Hall–Kier alpha value is -1.84. The molecule has 9 heteroatoms. The smallest absolute Gasteiger partial charge is 0.234 e. The quantitative estimate of drug-likeness (QED) is 0.604. The van der Waals surface area contributed by atoms with Crippen molar-refractivity contribution in [2.75, 3.05) is 38.5 Å². The van der Waals surface area contributed by atoms with E-state index in [0.717, 1.165) is 20.9 Å². The van der Waals surface area contributed by atoms with Crippen LogP contribution < -0.4 is 5.32 Å². The molecule has 162 valence electrons. The van der Waals surface area contributed by atoms with Crippen LogP contribution in [0, 0.1) is 0 Å². The van der Waals surface area contributed by atoms with Gasteiger partial charge in [-0.25, -0.2) is 4.98 Å². The van der Waals surface area contributed by atoms with E-state index < -0.39 is 0 Å². The highest BCUT2D eigenvalue weighted by molar-refractivity contribution is 9.10. The topological polar surface area (TPSA) is 81.3 Å². The van der Waals surface area contributed by atoms with Gasteiger partial charge in [-0.1, -0.05) is 39.8 Å². The summed E-state index contributed by atoms with van der Waals surface area (Å²) in [5, 5.41) is 3.71. The van der Waals surface area contributed by atoms with Crippen LogP contribution in [-0.4, -0.2) is 75.6 Å². The van der Waals surface area contributed by atoms with E-state index >= 15 is 0 Å². The first-order valence-electron chi connectivity index (χ1n) is 9.94. The first-order chi connectivity index (χ1) is 14.2. The van der Waals surface area contributed by atoms with Crippen LogP contribution in [0.25, 0.3) is 11.3 Å². The van der Waals surface area contributed by atoms with Gasteiger partial charge in [0.25, 0.3) is 0 Å². The molecule has 2 heterocycles. The first-order valence-corrected chi connectivity index (χ1v) is 11.7. The van der Waals surface area contributed by atoms with Crippen LogP contribution in [0.3, 0.4) is 0 Å². The lowest BCUT2D eigenvalue weighted by Gasteiger charge is -2.34. The molecule has 1 aliphatic heterocycles. The largest absolute Gasteiger partial charge is 0.350 e. The van der Waals surface area contributed by atoms with Gasteiger partial charge >= 0.3 is 0 Å². The van der Waals surface area contributed by atoms with Crippen LogP contribution in [0.15, 0.2) is 40.1 Å². The first kappa shape index (κ1) is 22.8. The fourth-order valence-electron chi connectivity index (χ4n) is 3.19. The number of rotatable bonds is 6. The van der Waals surface area contributed by atoms with Crippen molar-refractivity contribution in [3.8, 4) is 11.3 Å². The Kier molecular flexibility index (Phi) is 7.60. The predicted octanol–water partition coefficient (Wildman–Crippen LogP) is 2.99. The SMILES string of the molecule is CC(C)(C)NC(=O)CN1CCN(C(=O)CSc2ncc(-c3ccc(Br)cc3)[nH]2)CC1. The summed E-state index contributed by atoms with van der Waals surface area (Å²) in [6, 6.07) is 7.99. The maximum atomic E-state index is 12.6. The molecule has 0 atom stereocenters. The molecule has 0 saturated carbocycles. The number of thioether (sulfide) groups is 1. The highest BCUT2D eigenvalue weighted by Gasteiger charge is 2.23. The lowest BCUT2D eigenvalue weighted by Crippen LogP contribution is -2.53. The van der Waals surface area contributed by atoms with Crippen molar-refractivity contribution in [2.24, 2.45) is 0 Å². The molecule has 1 aromatic carbocycles. The lowest BCUT2D eigenvalue weighted by molar-refractivity contribution is -0.130. The van der Waals surface area contributed by atoms with E-state index in [9.17, 15) is 9.59 Å². The summed E-state index contributed by atoms with van der Waals surface area (Å²) in [5.74, 6) is 0.468. The third-order valence-electron chi connectivity index (χ3n) is 4.65. The van der Waals surface area contributed by atoms with Crippen molar-refractivity contribution < 1.29 is 9.59 Å². The fourth-order valence-corrected chi connectivity index (χ4v) is 4.21. The minimum absolute atomic E-state index is 0.0252. The maximum absolute atomic E-state index is 12.6. The van der Waals surface area contributed by atoms with E-state index in [1.54, 1.807) is 6.20 Å². The molecule has 0 bridgehead atoms. The summed E-state index contributed by atoms with van der Waals surface area (Å²) >= 11 is 4.85. The molecule has 2 N–H and O–H groups in total. The van der Waals surface area contributed by atoms with Crippen LogP contribution in [-0.2, 0) is 9.59 Å². The molecule has 3 rings (SSSR count). The monoisotopic (exact) mass is 493 g/mol. The number of H-pyrrole nitrogens is 1. The number of piperazine rings is 1. The van der Waals surface area contributed by atoms with Gasteiger partial charge in [0.2, 0.25) is 11.8 Å². The summed E-state index contributed by atoms with van der Waals surface area (Å²) in [4.78, 5) is 36.2. The van der Waals surface area contributed by atoms with E-state index in [-0.39, 0.29) is 17.4 Å². The molecule has 1 fully saturated rings. The number of hydrogen-bond donors (Lipinski definition) is 2. The number of carbonyl (C=O) groups excluding carboxylic acids is 2. The minimum Gasteiger partial charge on any atom is -0.350 e. The highest BCUT2D eigenvalue weighted by atomic mass is 79.9. The molecule has 2 aromatic rings. The van der Waals surface area contributed by atoms with Crippen LogP contribution in [0.5, 0.6) is 0 Å². The van der Waals surface area contributed by atoms with Gasteiger partial charge in [0.05, 0.1) is 24.2 Å². The normalized spacial score (nSPS) is 15.3. The van der Waals surface area contributed by atoms with E-state index in [1.807, 2.05) is 49.9 Å². The lowest BCUT2D eigenvalue weighted by atomic mass is 10.1. The van der Waals surface area contributed by atoms with E-state index in [0.29, 0.717) is 38.5 Å². The standard InChI is InChI=1S/C21H28BrN5O2S/c1-21(2,3)25-18(28)13-26-8-10-27(11-9-26)19(29)14-30-20-23-12-17(24-20)15-4-6-16(22)7-5-15/h4-7,12H,8-11,13-14H2,1-3H3,(H,23,24)(H,25,28). The number of benzene rings is 1. The molecule has 7 nitrogen and oxygen atoms in total.